The highest BCUT2D eigenvalue weighted by atomic mass is 79.9. The second kappa shape index (κ2) is 4.30. The van der Waals surface area contributed by atoms with Crippen molar-refractivity contribution in [2.45, 2.75) is 13.0 Å². The molecule has 0 bridgehead atoms. The van der Waals surface area contributed by atoms with Gasteiger partial charge in [0.05, 0.1) is 17.2 Å². The van der Waals surface area contributed by atoms with Gasteiger partial charge in [-0.3, -0.25) is 0 Å². The molecule has 13 heavy (non-hydrogen) atoms. The number of pyridine rings is 1. The normalized spacial score (nSPS) is 10.9. The van der Waals surface area contributed by atoms with Crippen LogP contribution in [0.1, 0.15) is 17.6 Å². The van der Waals surface area contributed by atoms with Crippen LogP contribution in [-0.4, -0.2) is 10.1 Å². The molecule has 72 valence electrons. The maximum absolute atomic E-state index is 12.4. The van der Waals surface area contributed by atoms with Gasteiger partial charge in [0.1, 0.15) is 4.60 Å². The van der Waals surface area contributed by atoms with Crippen molar-refractivity contribution in [2.24, 2.45) is 0 Å². The van der Waals surface area contributed by atoms with E-state index in [0.29, 0.717) is 0 Å². The van der Waals surface area contributed by atoms with Crippen molar-refractivity contribution in [2.75, 3.05) is 0 Å². The van der Waals surface area contributed by atoms with Crippen molar-refractivity contribution >= 4 is 27.5 Å². The standard InChI is InChI=1S/C7H5BrClF2NO/c8-6-5(7(10)11)3(2-13)4(9)1-12-6/h1,7,13H,2H2. The molecular weight excluding hydrogens is 267 g/mol. The lowest BCUT2D eigenvalue weighted by atomic mass is 10.1. The number of aromatic nitrogens is 1. The number of halogens is 4. The summed E-state index contributed by atoms with van der Waals surface area (Å²) in [4.78, 5) is 3.60. The summed E-state index contributed by atoms with van der Waals surface area (Å²) in [5.74, 6) is 0. The fraction of sp³-hybridized carbons (Fsp3) is 0.286. The van der Waals surface area contributed by atoms with Gasteiger partial charge in [0, 0.05) is 11.8 Å². The third-order valence-corrected chi connectivity index (χ3v) is 2.46. The largest absolute Gasteiger partial charge is 0.392 e. The second-order valence-corrected chi connectivity index (χ2v) is 3.41. The molecule has 0 spiro atoms. The molecule has 1 N–H and O–H groups in total. The summed E-state index contributed by atoms with van der Waals surface area (Å²) in [5.41, 5.74) is -0.339. The summed E-state index contributed by atoms with van der Waals surface area (Å²) < 4.78 is 24.8. The van der Waals surface area contributed by atoms with Gasteiger partial charge in [0.15, 0.2) is 0 Å². The molecule has 0 saturated heterocycles. The summed E-state index contributed by atoms with van der Waals surface area (Å²) in [5, 5.41) is 8.85. The summed E-state index contributed by atoms with van der Waals surface area (Å²) >= 11 is 8.43. The first-order valence-corrected chi connectivity index (χ1v) is 4.46. The molecule has 0 unspecified atom stereocenters. The van der Waals surface area contributed by atoms with Crippen LogP contribution in [0, 0.1) is 0 Å². The molecule has 0 radical (unpaired) electrons. The van der Waals surface area contributed by atoms with Crippen LogP contribution in [0.4, 0.5) is 8.78 Å². The Labute approximate surface area is 86.7 Å². The van der Waals surface area contributed by atoms with Crippen LogP contribution < -0.4 is 0 Å². The van der Waals surface area contributed by atoms with Gasteiger partial charge in [-0.2, -0.15) is 0 Å². The summed E-state index contributed by atoms with van der Waals surface area (Å²) in [6.45, 7) is -0.528. The zero-order valence-electron chi connectivity index (χ0n) is 6.27. The lowest BCUT2D eigenvalue weighted by Gasteiger charge is -2.09. The lowest BCUT2D eigenvalue weighted by molar-refractivity contribution is 0.145. The summed E-state index contributed by atoms with van der Waals surface area (Å²) in [6, 6.07) is 0. The van der Waals surface area contributed by atoms with Crippen LogP contribution in [0.2, 0.25) is 5.02 Å². The van der Waals surface area contributed by atoms with Crippen LogP contribution in [-0.2, 0) is 6.61 Å². The van der Waals surface area contributed by atoms with E-state index in [9.17, 15) is 8.78 Å². The summed E-state index contributed by atoms with van der Waals surface area (Å²) in [7, 11) is 0. The maximum Gasteiger partial charge on any atom is 0.266 e. The van der Waals surface area contributed by atoms with Gasteiger partial charge in [-0.1, -0.05) is 11.6 Å². The predicted octanol–water partition coefficient (Wildman–Crippen LogP) is 2.93. The first-order chi connectivity index (χ1) is 6.07. The number of aliphatic hydroxyl groups is 1. The Morgan fingerprint density at radius 1 is 1.62 bits per heavy atom. The van der Waals surface area contributed by atoms with Gasteiger partial charge in [0.25, 0.3) is 6.43 Å². The molecule has 0 aromatic carbocycles. The Bertz CT molecular complexity index is 322. The van der Waals surface area contributed by atoms with Crippen LogP contribution in [0.5, 0.6) is 0 Å². The van der Waals surface area contributed by atoms with Crippen LogP contribution in [0.15, 0.2) is 10.8 Å². The number of nitrogens with zero attached hydrogens (tertiary/aromatic N) is 1. The molecule has 0 amide bonds. The van der Waals surface area contributed by atoms with Gasteiger partial charge < -0.3 is 5.11 Å². The van der Waals surface area contributed by atoms with Crippen molar-refractivity contribution in [3.63, 3.8) is 0 Å². The minimum atomic E-state index is -2.71. The van der Waals surface area contributed by atoms with E-state index in [0.717, 1.165) is 0 Å². The first-order valence-electron chi connectivity index (χ1n) is 3.29. The molecule has 1 aromatic rings. The zero-order chi connectivity index (χ0) is 10.0. The fourth-order valence-electron chi connectivity index (χ4n) is 0.896. The minimum absolute atomic E-state index is 0.0101. The second-order valence-electron chi connectivity index (χ2n) is 2.25. The van der Waals surface area contributed by atoms with E-state index < -0.39 is 13.0 Å². The summed E-state index contributed by atoms with van der Waals surface area (Å²) in [6.07, 6.45) is -1.49. The smallest absolute Gasteiger partial charge is 0.266 e. The predicted molar refractivity (Wildman–Crippen MR) is 47.8 cm³/mol. The van der Waals surface area contributed by atoms with E-state index in [-0.39, 0.29) is 20.8 Å². The molecule has 0 aliphatic heterocycles. The monoisotopic (exact) mass is 271 g/mol. The van der Waals surface area contributed by atoms with E-state index in [1.807, 2.05) is 0 Å². The molecule has 2 nitrogen and oxygen atoms in total. The molecule has 0 fully saturated rings. The Morgan fingerprint density at radius 3 is 2.62 bits per heavy atom. The van der Waals surface area contributed by atoms with Gasteiger partial charge in [-0.25, -0.2) is 13.8 Å². The third kappa shape index (κ3) is 2.15. The fourth-order valence-corrected chi connectivity index (χ4v) is 1.62. The molecule has 0 aliphatic rings. The average Bonchev–Trinajstić information content (AvgIpc) is 2.07. The van der Waals surface area contributed by atoms with Crippen LogP contribution in [0.3, 0.4) is 0 Å². The Kier molecular flexibility index (Phi) is 3.58. The number of hydrogen-bond acceptors (Lipinski definition) is 2. The highest BCUT2D eigenvalue weighted by Crippen LogP contribution is 2.32. The number of rotatable bonds is 2. The lowest BCUT2D eigenvalue weighted by Crippen LogP contribution is -1.99. The average molecular weight is 272 g/mol. The molecular formula is C7H5BrClF2NO. The Hall–Kier alpha value is -0.260. The van der Waals surface area contributed by atoms with Crippen molar-refractivity contribution < 1.29 is 13.9 Å². The van der Waals surface area contributed by atoms with Gasteiger partial charge >= 0.3 is 0 Å². The van der Waals surface area contributed by atoms with E-state index in [4.69, 9.17) is 16.7 Å². The van der Waals surface area contributed by atoms with E-state index in [1.54, 1.807) is 0 Å². The molecule has 6 heteroatoms. The molecule has 0 atom stereocenters. The SMILES string of the molecule is OCc1c(Cl)cnc(Br)c1C(F)F. The molecule has 1 aromatic heterocycles. The van der Waals surface area contributed by atoms with Crippen molar-refractivity contribution in [1.82, 2.24) is 4.98 Å². The number of aliphatic hydroxyl groups excluding tert-OH is 1. The highest BCUT2D eigenvalue weighted by Gasteiger charge is 2.19. The van der Waals surface area contributed by atoms with E-state index in [1.165, 1.54) is 6.20 Å². The maximum atomic E-state index is 12.4. The Morgan fingerprint density at radius 2 is 2.23 bits per heavy atom. The Balaban J connectivity index is 3.35. The highest BCUT2D eigenvalue weighted by molar-refractivity contribution is 9.10. The van der Waals surface area contributed by atoms with E-state index >= 15 is 0 Å². The third-order valence-electron chi connectivity index (χ3n) is 1.50. The zero-order valence-corrected chi connectivity index (χ0v) is 8.61. The van der Waals surface area contributed by atoms with Gasteiger partial charge in [-0.05, 0) is 15.9 Å². The number of hydrogen-bond donors (Lipinski definition) is 1. The molecule has 1 rings (SSSR count). The van der Waals surface area contributed by atoms with Gasteiger partial charge in [0.2, 0.25) is 0 Å². The van der Waals surface area contributed by atoms with Crippen molar-refractivity contribution in [3.05, 3.63) is 26.9 Å². The van der Waals surface area contributed by atoms with Gasteiger partial charge in [-0.15, -0.1) is 0 Å². The minimum Gasteiger partial charge on any atom is -0.392 e. The molecule has 0 aliphatic carbocycles. The molecule has 0 saturated carbocycles. The van der Waals surface area contributed by atoms with Crippen LogP contribution >= 0.6 is 27.5 Å². The topological polar surface area (TPSA) is 33.1 Å². The number of alkyl halides is 2. The molecule has 1 heterocycles. The first kappa shape index (κ1) is 10.8. The van der Waals surface area contributed by atoms with Crippen LogP contribution in [0.25, 0.3) is 0 Å². The van der Waals surface area contributed by atoms with Crippen molar-refractivity contribution in [1.29, 1.82) is 0 Å². The van der Waals surface area contributed by atoms with E-state index in [2.05, 4.69) is 20.9 Å². The quantitative estimate of drug-likeness (QED) is 0.840. The van der Waals surface area contributed by atoms with Crippen molar-refractivity contribution in [3.8, 4) is 0 Å².